The van der Waals surface area contributed by atoms with Crippen LogP contribution in [0.5, 0.6) is 0 Å². The Kier molecular flexibility index (Phi) is 14.3. The molecule has 3 rings (SSSR count). The van der Waals surface area contributed by atoms with Gasteiger partial charge in [-0.25, -0.2) is 0 Å². The summed E-state index contributed by atoms with van der Waals surface area (Å²) in [6.45, 7) is 5.02. The molecule has 0 spiro atoms. The van der Waals surface area contributed by atoms with E-state index in [9.17, 15) is 0 Å². The molecule has 1 heteroatoms. The Morgan fingerprint density at radius 1 is 0.676 bits per heavy atom. The largest absolute Gasteiger partial charge is 0.497 e. The molecule has 37 heavy (non-hydrogen) atoms. The molecule has 0 N–H and O–H groups in total. The molecule has 202 valence electrons. The molecule has 0 aliphatic heterocycles. The lowest BCUT2D eigenvalue weighted by Gasteiger charge is -2.28. The average Bonchev–Trinajstić information content (AvgIpc) is 2.94. The predicted molar refractivity (Wildman–Crippen MR) is 162 cm³/mol. The molecule has 0 saturated heterocycles. The standard InChI is InChI=1S/C36H52O/c1-3-5-7-12-31-17-19-32(20-18-31)13-8-9-14-33-21-23-34(24-22-33)15-10-11-16-35-25-27-36(28-26-35)30-37-29-6-4-2/h6-7,12,17-20,25-29,33-34H,3-5,8-11,13-16,21-24,30H2,1-2H3. The summed E-state index contributed by atoms with van der Waals surface area (Å²) in [6, 6.07) is 18.2. The molecule has 0 radical (unpaired) electrons. The summed E-state index contributed by atoms with van der Waals surface area (Å²) in [5, 5.41) is 0. The Hall–Kier alpha value is -2.28. The van der Waals surface area contributed by atoms with Crippen LogP contribution in [0.25, 0.3) is 6.08 Å². The number of allylic oxidation sites excluding steroid dienone is 2. The molecule has 1 saturated carbocycles. The van der Waals surface area contributed by atoms with E-state index in [1.165, 1.54) is 112 Å². The highest BCUT2D eigenvalue weighted by Gasteiger charge is 2.20. The second kappa shape index (κ2) is 18.1. The van der Waals surface area contributed by atoms with Gasteiger partial charge in [-0.15, -0.1) is 0 Å². The maximum absolute atomic E-state index is 5.55. The molecule has 1 fully saturated rings. The van der Waals surface area contributed by atoms with Crippen molar-refractivity contribution in [1.82, 2.24) is 0 Å². The minimum absolute atomic E-state index is 0.671. The van der Waals surface area contributed by atoms with E-state index >= 15 is 0 Å². The lowest BCUT2D eigenvalue weighted by Crippen LogP contribution is -2.14. The first-order valence-electron chi connectivity index (χ1n) is 15.4. The van der Waals surface area contributed by atoms with E-state index in [0.717, 1.165) is 18.3 Å². The second-order valence-corrected chi connectivity index (χ2v) is 11.2. The number of benzene rings is 2. The van der Waals surface area contributed by atoms with Crippen molar-refractivity contribution >= 4 is 6.08 Å². The van der Waals surface area contributed by atoms with E-state index in [2.05, 4.69) is 80.6 Å². The van der Waals surface area contributed by atoms with Crippen LogP contribution in [0.4, 0.5) is 0 Å². The highest BCUT2D eigenvalue weighted by atomic mass is 16.5. The third kappa shape index (κ3) is 12.2. The van der Waals surface area contributed by atoms with Crippen LogP contribution in [0, 0.1) is 11.8 Å². The Balaban J connectivity index is 1.20. The molecule has 0 atom stereocenters. The maximum atomic E-state index is 5.55. The van der Waals surface area contributed by atoms with Crippen LogP contribution in [-0.4, -0.2) is 0 Å². The molecule has 1 aliphatic rings. The maximum Gasteiger partial charge on any atom is 0.112 e. The minimum Gasteiger partial charge on any atom is -0.497 e. The van der Waals surface area contributed by atoms with Gasteiger partial charge in [-0.3, -0.25) is 0 Å². The van der Waals surface area contributed by atoms with Gasteiger partial charge in [-0.2, -0.15) is 0 Å². The van der Waals surface area contributed by atoms with Crippen molar-refractivity contribution in [2.45, 2.75) is 117 Å². The molecular formula is C36H52O. The Morgan fingerprint density at radius 2 is 1.22 bits per heavy atom. The van der Waals surface area contributed by atoms with Crippen LogP contribution in [-0.2, 0) is 24.2 Å². The fourth-order valence-corrected chi connectivity index (χ4v) is 5.63. The summed E-state index contributed by atoms with van der Waals surface area (Å²) in [7, 11) is 0. The molecule has 0 unspecified atom stereocenters. The Morgan fingerprint density at radius 3 is 1.76 bits per heavy atom. The third-order valence-corrected chi connectivity index (χ3v) is 8.07. The number of hydrogen-bond acceptors (Lipinski definition) is 1. The summed E-state index contributed by atoms with van der Waals surface area (Å²) in [5.41, 5.74) is 5.56. The monoisotopic (exact) mass is 500 g/mol. The van der Waals surface area contributed by atoms with Gasteiger partial charge in [0.2, 0.25) is 0 Å². The quantitative estimate of drug-likeness (QED) is 0.155. The number of ether oxygens (including phenoxy) is 1. The molecule has 2 aromatic rings. The SMILES string of the molecule is CCC=COCc1ccc(CCCCC2CCC(CCCCc3ccc(C=CCCC)cc3)CC2)cc1. The van der Waals surface area contributed by atoms with Crippen molar-refractivity contribution in [3.63, 3.8) is 0 Å². The number of hydrogen-bond donors (Lipinski definition) is 0. The number of rotatable bonds is 17. The van der Waals surface area contributed by atoms with Gasteiger partial charge in [0, 0.05) is 0 Å². The van der Waals surface area contributed by atoms with Gasteiger partial charge in [0.25, 0.3) is 0 Å². The minimum atomic E-state index is 0.671. The molecule has 0 heterocycles. The van der Waals surface area contributed by atoms with E-state index in [-0.39, 0.29) is 0 Å². The van der Waals surface area contributed by atoms with Crippen molar-refractivity contribution in [2.75, 3.05) is 0 Å². The number of unbranched alkanes of at least 4 members (excludes halogenated alkanes) is 3. The first-order chi connectivity index (χ1) is 18.3. The van der Waals surface area contributed by atoms with Gasteiger partial charge in [-0.05, 0) is 72.6 Å². The lowest BCUT2D eigenvalue weighted by molar-refractivity contribution is 0.235. The van der Waals surface area contributed by atoms with Gasteiger partial charge in [0.1, 0.15) is 6.61 Å². The smallest absolute Gasteiger partial charge is 0.112 e. The molecule has 0 aromatic heterocycles. The average molecular weight is 501 g/mol. The topological polar surface area (TPSA) is 9.23 Å². The highest BCUT2D eigenvalue weighted by molar-refractivity contribution is 5.49. The zero-order valence-electron chi connectivity index (χ0n) is 23.8. The van der Waals surface area contributed by atoms with E-state index in [1.54, 1.807) is 0 Å². The molecule has 1 aliphatic carbocycles. The van der Waals surface area contributed by atoms with Crippen molar-refractivity contribution in [2.24, 2.45) is 11.8 Å². The van der Waals surface area contributed by atoms with Crippen molar-refractivity contribution in [3.8, 4) is 0 Å². The van der Waals surface area contributed by atoms with Gasteiger partial charge in [0.05, 0.1) is 6.26 Å². The summed E-state index contributed by atoms with van der Waals surface area (Å²) >= 11 is 0. The van der Waals surface area contributed by atoms with Gasteiger partial charge in [0.15, 0.2) is 0 Å². The predicted octanol–water partition coefficient (Wildman–Crippen LogP) is 10.9. The van der Waals surface area contributed by atoms with Crippen LogP contribution in [0.15, 0.2) is 66.9 Å². The first kappa shape index (κ1) is 29.3. The zero-order chi connectivity index (χ0) is 26.0. The molecule has 0 bridgehead atoms. The van der Waals surface area contributed by atoms with Crippen molar-refractivity contribution in [3.05, 3.63) is 89.2 Å². The normalized spacial score (nSPS) is 18.1. The molecular weight excluding hydrogens is 448 g/mol. The van der Waals surface area contributed by atoms with Gasteiger partial charge >= 0.3 is 0 Å². The molecule has 1 nitrogen and oxygen atoms in total. The van der Waals surface area contributed by atoms with E-state index in [0.29, 0.717) is 6.61 Å². The summed E-state index contributed by atoms with van der Waals surface area (Å²) in [5.74, 6) is 1.97. The van der Waals surface area contributed by atoms with E-state index in [1.807, 2.05) is 6.26 Å². The van der Waals surface area contributed by atoms with Crippen LogP contribution in [0.1, 0.15) is 120 Å². The van der Waals surface area contributed by atoms with Gasteiger partial charge in [-0.1, -0.05) is 138 Å². The zero-order valence-corrected chi connectivity index (χ0v) is 23.8. The Bertz CT molecular complexity index is 881. The second-order valence-electron chi connectivity index (χ2n) is 11.2. The molecule has 2 aromatic carbocycles. The summed E-state index contributed by atoms with van der Waals surface area (Å²) < 4.78 is 5.55. The fourth-order valence-electron chi connectivity index (χ4n) is 5.63. The van der Waals surface area contributed by atoms with Crippen LogP contribution in [0.2, 0.25) is 0 Å². The first-order valence-corrected chi connectivity index (χ1v) is 15.4. The fraction of sp³-hybridized carbons (Fsp3) is 0.556. The summed E-state index contributed by atoms with van der Waals surface area (Å²) in [6.07, 6.45) is 28.5. The molecule has 0 amide bonds. The van der Waals surface area contributed by atoms with Crippen molar-refractivity contribution in [1.29, 1.82) is 0 Å². The third-order valence-electron chi connectivity index (χ3n) is 8.07. The lowest BCUT2D eigenvalue weighted by atomic mass is 9.78. The van der Waals surface area contributed by atoms with Crippen LogP contribution < -0.4 is 0 Å². The van der Waals surface area contributed by atoms with E-state index < -0.39 is 0 Å². The van der Waals surface area contributed by atoms with Crippen LogP contribution in [0.3, 0.4) is 0 Å². The number of aryl methyl sites for hydroxylation is 2. The van der Waals surface area contributed by atoms with Gasteiger partial charge < -0.3 is 4.74 Å². The van der Waals surface area contributed by atoms with Crippen LogP contribution >= 0.6 is 0 Å². The Labute approximate surface area is 228 Å². The highest BCUT2D eigenvalue weighted by Crippen LogP contribution is 2.34. The van der Waals surface area contributed by atoms with Crippen molar-refractivity contribution < 1.29 is 4.74 Å². The van der Waals surface area contributed by atoms with E-state index in [4.69, 9.17) is 4.74 Å². The summed E-state index contributed by atoms with van der Waals surface area (Å²) in [4.78, 5) is 0.